The Labute approximate surface area is 366 Å². The summed E-state index contributed by atoms with van der Waals surface area (Å²) in [5.41, 5.74) is 17.9. The molecule has 0 saturated carbocycles. The highest BCUT2D eigenvalue weighted by Crippen LogP contribution is 2.44. The minimum Gasteiger partial charge on any atom is -0.456 e. The van der Waals surface area contributed by atoms with Crippen molar-refractivity contribution in [2.45, 2.75) is 0 Å². The summed E-state index contributed by atoms with van der Waals surface area (Å²) in [6.07, 6.45) is 0. The Hall–Kier alpha value is -8.40. The van der Waals surface area contributed by atoms with Gasteiger partial charge in [0.2, 0.25) is 0 Å². The summed E-state index contributed by atoms with van der Waals surface area (Å²) in [5.74, 6) is 0. The first-order valence-electron chi connectivity index (χ1n) is 21.5. The highest BCUT2D eigenvalue weighted by Gasteiger charge is 2.20. The Bertz CT molecular complexity index is 3550. The van der Waals surface area contributed by atoms with E-state index in [1.807, 2.05) is 12.1 Å². The lowest BCUT2D eigenvalue weighted by molar-refractivity contribution is 0.669. The lowest BCUT2D eigenvalue weighted by Crippen LogP contribution is -2.10. The van der Waals surface area contributed by atoms with Gasteiger partial charge in [0.05, 0.1) is 22.1 Å². The minimum absolute atomic E-state index is 0.862. The zero-order chi connectivity index (χ0) is 41.7. The molecular weight excluding hydrogens is 765 g/mol. The maximum absolute atomic E-state index is 6.42. The Morgan fingerprint density at radius 2 is 0.810 bits per heavy atom. The molecule has 0 amide bonds. The summed E-state index contributed by atoms with van der Waals surface area (Å²) < 4.78 is 8.80. The van der Waals surface area contributed by atoms with Crippen LogP contribution in [0.15, 0.2) is 247 Å². The van der Waals surface area contributed by atoms with Gasteiger partial charge in [-0.1, -0.05) is 170 Å². The standard InChI is InChI=1S/C60H40N2O/c1-3-15-43(16-4-1)50-38-33-46(40-54(50)44-17-5-2-6-18-44)42-31-36-48(37-32-42)61(57-26-14-28-59-60(57)53-23-9-12-27-58(53)63-59)47-34-29-41(30-35-47)45-19-13-20-49(39-45)62-55-24-10-7-21-51(55)52-22-8-11-25-56(52)62/h1-40H. The van der Waals surface area contributed by atoms with Crippen LogP contribution in [0.3, 0.4) is 0 Å². The number of aromatic nitrogens is 1. The molecule has 0 radical (unpaired) electrons. The topological polar surface area (TPSA) is 21.3 Å². The molecule has 0 aliphatic carbocycles. The predicted molar refractivity (Wildman–Crippen MR) is 264 cm³/mol. The van der Waals surface area contributed by atoms with Crippen molar-refractivity contribution in [3.63, 3.8) is 0 Å². The quantitative estimate of drug-likeness (QED) is 0.153. The van der Waals surface area contributed by atoms with E-state index in [1.165, 1.54) is 49.6 Å². The Morgan fingerprint density at radius 1 is 0.317 bits per heavy atom. The highest BCUT2D eigenvalue weighted by atomic mass is 16.3. The second-order valence-electron chi connectivity index (χ2n) is 16.1. The SMILES string of the molecule is c1ccc(-c2ccc(-c3ccc(N(c4ccc(-c5cccc(-n6c7ccccc7c7ccccc76)c5)cc4)c4cccc5oc6ccccc6c45)cc3)cc2-c2ccccc2)cc1. The molecule has 2 heterocycles. The van der Waals surface area contributed by atoms with Crippen molar-refractivity contribution in [2.75, 3.05) is 4.90 Å². The molecular formula is C60H40N2O. The van der Waals surface area contributed by atoms with Crippen LogP contribution in [0, 0.1) is 0 Å². The van der Waals surface area contributed by atoms with Crippen molar-refractivity contribution in [3.05, 3.63) is 243 Å². The van der Waals surface area contributed by atoms with Gasteiger partial charge >= 0.3 is 0 Å². The number of anilines is 3. The fourth-order valence-electron chi connectivity index (χ4n) is 9.45. The molecule has 12 aromatic rings. The number of furan rings is 1. The first kappa shape index (κ1) is 36.5. The van der Waals surface area contributed by atoms with E-state index in [2.05, 4.69) is 240 Å². The molecule has 0 saturated heterocycles. The van der Waals surface area contributed by atoms with Gasteiger partial charge in [-0.2, -0.15) is 0 Å². The largest absolute Gasteiger partial charge is 0.456 e. The maximum atomic E-state index is 6.42. The molecule has 3 heteroatoms. The van der Waals surface area contributed by atoms with E-state index in [9.17, 15) is 0 Å². The molecule has 0 aliphatic rings. The zero-order valence-corrected chi connectivity index (χ0v) is 34.4. The smallest absolute Gasteiger partial charge is 0.137 e. The highest BCUT2D eigenvalue weighted by molar-refractivity contribution is 6.13. The van der Waals surface area contributed by atoms with Crippen LogP contribution in [0.1, 0.15) is 0 Å². The Morgan fingerprint density at radius 3 is 1.46 bits per heavy atom. The predicted octanol–water partition coefficient (Wildman–Crippen LogP) is 16.8. The van der Waals surface area contributed by atoms with Gasteiger partial charge in [0.1, 0.15) is 11.2 Å². The third-order valence-corrected chi connectivity index (χ3v) is 12.4. The summed E-state index contributed by atoms with van der Waals surface area (Å²) in [4.78, 5) is 2.36. The Balaban J connectivity index is 0.954. The van der Waals surface area contributed by atoms with E-state index in [0.29, 0.717) is 0 Å². The summed E-state index contributed by atoms with van der Waals surface area (Å²) in [6.45, 7) is 0. The lowest BCUT2D eigenvalue weighted by Gasteiger charge is -2.26. The minimum atomic E-state index is 0.862. The van der Waals surface area contributed by atoms with Gasteiger partial charge in [-0.25, -0.2) is 0 Å². The summed E-state index contributed by atoms with van der Waals surface area (Å²) >= 11 is 0. The molecule has 12 rings (SSSR count). The van der Waals surface area contributed by atoms with Crippen molar-refractivity contribution in [1.82, 2.24) is 4.57 Å². The van der Waals surface area contributed by atoms with E-state index >= 15 is 0 Å². The van der Waals surface area contributed by atoms with Crippen LogP contribution in [-0.2, 0) is 0 Å². The number of benzene rings is 10. The lowest BCUT2D eigenvalue weighted by atomic mass is 9.91. The normalized spacial score (nSPS) is 11.5. The molecule has 0 bridgehead atoms. The fourth-order valence-corrected chi connectivity index (χ4v) is 9.45. The van der Waals surface area contributed by atoms with Crippen LogP contribution in [0.2, 0.25) is 0 Å². The molecule has 0 fully saturated rings. The fraction of sp³-hybridized carbons (Fsp3) is 0. The summed E-state index contributed by atoms with van der Waals surface area (Å²) in [7, 11) is 0. The number of para-hydroxylation sites is 3. The van der Waals surface area contributed by atoms with Gasteiger partial charge in [-0.15, -0.1) is 0 Å². The van der Waals surface area contributed by atoms with Gasteiger partial charge in [-0.05, 0) is 117 Å². The van der Waals surface area contributed by atoms with Crippen LogP contribution in [0.25, 0.3) is 93.9 Å². The monoisotopic (exact) mass is 804 g/mol. The first-order chi connectivity index (χ1) is 31.2. The average molecular weight is 805 g/mol. The van der Waals surface area contributed by atoms with Crippen LogP contribution in [0.5, 0.6) is 0 Å². The number of rotatable bonds is 8. The van der Waals surface area contributed by atoms with Crippen molar-refractivity contribution in [2.24, 2.45) is 0 Å². The molecule has 3 nitrogen and oxygen atoms in total. The average Bonchev–Trinajstić information content (AvgIpc) is 3.91. The van der Waals surface area contributed by atoms with Gasteiger partial charge in [-0.3, -0.25) is 0 Å². The number of fused-ring (bicyclic) bond motifs is 6. The van der Waals surface area contributed by atoms with Gasteiger partial charge < -0.3 is 13.9 Å². The molecule has 0 unspecified atom stereocenters. The summed E-state index contributed by atoms with van der Waals surface area (Å²) in [5, 5.41) is 4.70. The molecule has 0 spiro atoms. The molecule has 10 aromatic carbocycles. The van der Waals surface area contributed by atoms with Gasteiger partial charge in [0.15, 0.2) is 0 Å². The van der Waals surface area contributed by atoms with Crippen molar-refractivity contribution < 1.29 is 4.42 Å². The second-order valence-corrected chi connectivity index (χ2v) is 16.1. The molecule has 2 aromatic heterocycles. The first-order valence-corrected chi connectivity index (χ1v) is 21.5. The zero-order valence-electron chi connectivity index (χ0n) is 34.4. The van der Waals surface area contributed by atoms with E-state index < -0.39 is 0 Å². The van der Waals surface area contributed by atoms with Crippen LogP contribution in [0.4, 0.5) is 17.1 Å². The number of hydrogen-bond donors (Lipinski definition) is 0. The number of nitrogens with zero attached hydrogens (tertiary/aromatic N) is 2. The summed E-state index contributed by atoms with van der Waals surface area (Å²) in [6, 6.07) is 87.0. The van der Waals surface area contributed by atoms with E-state index in [1.54, 1.807) is 0 Å². The van der Waals surface area contributed by atoms with E-state index in [0.717, 1.165) is 61.4 Å². The number of hydrogen-bond acceptors (Lipinski definition) is 2. The molecule has 63 heavy (non-hydrogen) atoms. The Kier molecular flexibility index (Phi) is 8.83. The van der Waals surface area contributed by atoms with Crippen LogP contribution < -0.4 is 4.90 Å². The van der Waals surface area contributed by atoms with E-state index in [4.69, 9.17) is 4.42 Å². The molecule has 0 atom stereocenters. The van der Waals surface area contributed by atoms with Gasteiger partial charge in [0.25, 0.3) is 0 Å². The van der Waals surface area contributed by atoms with E-state index in [-0.39, 0.29) is 0 Å². The molecule has 296 valence electrons. The maximum Gasteiger partial charge on any atom is 0.137 e. The van der Waals surface area contributed by atoms with Crippen molar-refractivity contribution >= 4 is 60.8 Å². The molecule has 0 aliphatic heterocycles. The third-order valence-electron chi connectivity index (χ3n) is 12.4. The van der Waals surface area contributed by atoms with Crippen molar-refractivity contribution in [3.8, 4) is 50.2 Å². The van der Waals surface area contributed by atoms with Crippen LogP contribution in [-0.4, -0.2) is 4.57 Å². The van der Waals surface area contributed by atoms with Gasteiger partial charge in [0, 0.05) is 33.2 Å². The molecule has 0 N–H and O–H groups in total. The van der Waals surface area contributed by atoms with Crippen molar-refractivity contribution in [1.29, 1.82) is 0 Å². The third kappa shape index (κ3) is 6.38. The second kappa shape index (κ2) is 15.3. The van der Waals surface area contributed by atoms with Crippen LogP contribution >= 0.6 is 0 Å².